The van der Waals surface area contributed by atoms with Crippen molar-refractivity contribution >= 4 is 44.1 Å². The van der Waals surface area contributed by atoms with E-state index in [1.54, 1.807) is 18.2 Å². The van der Waals surface area contributed by atoms with Crippen molar-refractivity contribution in [3.8, 4) is 0 Å². The maximum atomic E-state index is 13.1. The van der Waals surface area contributed by atoms with Crippen LogP contribution in [0.2, 0.25) is 5.02 Å². The van der Waals surface area contributed by atoms with Gasteiger partial charge in [-0.2, -0.15) is 5.21 Å². The van der Waals surface area contributed by atoms with E-state index in [0.717, 1.165) is 10.0 Å². The summed E-state index contributed by atoms with van der Waals surface area (Å²) in [4.78, 5) is 12.2. The fraction of sp³-hybridized carbons (Fsp3) is 0. The Morgan fingerprint density at radius 3 is 2.62 bits per heavy atom. The molecule has 0 fully saturated rings. The van der Waals surface area contributed by atoms with Crippen molar-refractivity contribution in [2.24, 2.45) is 0 Å². The van der Waals surface area contributed by atoms with Gasteiger partial charge < -0.3 is 5.11 Å². The van der Waals surface area contributed by atoms with Crippen LogP contribution < -0.4 is 0 Å². The number of hydrogen-bond acceptors (Lipinski definition) is 7. The molecule has 0 bridgehead atoms. The van der Waals surface area contributed by atoms with E-state index >= 15 is 0 Å². The lowest BCUT2D eigenvalue weighted by atomic mass is 10.1. The highest BCUT2D eigenvalue weighted by atomic mass is 35.5. The first-order valence-corrected chi connectivity index (χ1v) is 10.00. The number of H-pyrrole nitrogens is 1. The van der Waals surface area contributed by atoms with Crippen LogP contribution in [0.1, 0.15) is 16.2 Å². The van der Waals surface area contributed by atoms with Gasteiger partial charge in [-0.25, -0.2) is 12.4 Å². The largest absolute Gasteiger partial charge is 0.507 e. The SMILES string of the molecule is O=C(/C=C(/O)c1cn(S(=O)(=O)c2ccccc2)c2ccc(Cl)cc12)c1nn[nH]n1. The molecule has 2 aromatic carbocycles. The number of aliphatic hydroxyl groups excluding tert-OH is 1. The molecule has 4 rings (SSSR count). The van der Waals surface area contributed by atoms with E-state index in [4.69, 9.17) is 11.6 Å². The smallest absolute Gasteiger partial charge is 0.268 e. The van der Waals surface area contributed by atoms with Crippen LogP contribution in [-0.2, 0) is 10.0 Å². The van der Waals surface area contributed by atoms with Crippen molar-refractivity contribution < 1.29 is 18.3 Å². The zero-order valence-electron chi connectivity index (χ0n) is 14.5. The molecule has 0 saturated heterocycles. The number of aromatic nitrogens is 5. The number of ketones is 1. The average Bonchev–Trinajstić information content (AvgIpc) is 3.37. The maximum absolute atomic E-state index is 13.1. The van der Waals surface area contributed by atoms with Crippen molar-refractivity contribution in [1.82, 2.24) is 24.6 Å². The van der Waals surface area contributed by atoms with Crippen LogP contribution in [0.3, 0.4) is 0 Å². The van der Waals surface area contributed by atoms with Crippen molar-refractivity contribution in [1.29, 1.82) is 0 Å². The normalized spacial score (nSPS) is 12.4. The third-order valence-corrected chi connectivity index (χ3v) is 6.07. The first kappa shape index (κ1) is 18.8. The molecule has 11 heteroatoms. The molecule has 2 N–H and O–H groups in total. The van der Waals surface area contributed by atoms with Crippen molar-refractivity contribution in [2.75, 3.05) is 0 Å². The summed E-state index contributed by atoms with van der Waals surface area (Å²) in [5.41, 5.74) is 0.402. The van der Waals surface area contributed by atoms with Crippen LogP contribution in [-0.4, -0.2) is 43.9 Å². The number of aliphatic hydroxyl groups is 1. The number of aromatic amines is 1. The van der Waals surface area contributed by atoms with E-state index in [1.165, 1.54) is 36.5 Å². The molecule has 0 aliphatic rings. The Balaban J connectivity index is 1.90. The molecule has 0 amide bonds. The van der Waals surface area contributed by atoms with Crippen molar-refractivity contribution in [2.45, 2.75) is 4.90 Å². The number of allylic oxidation sites excluding steroid dienone is 1. The predicted octanol–water partition coefficient (Wildman–Crippen LogP) is 2.83. The van der Waals surface area contributed by atoms with Gasteiger partial charge in [-0.1, -0.05) is 29.8 Å². The van der Waals surface area contributed by atoms with Crippen LogP contribution in [0.25, 0.3) is 16.7 Å². The number of fused-ring (bicyclic) bond motifs is 1. The Morgan fingerprint density at radius 2 is 1.93 bits per heavy atom. The fourth-order valence-electron chi connectivity index (χ4n) is 2.81. The number of tetrazole rings is 1. The third-order valence-electron chi connectivity index (χ3n) is 4.14. The molecular formula is C18H12ClN5O4S. The van der Waals surface area contributed by atoms with Crippen molar-refractivity contribution in [3.63, 3.8) is 0 Å². The third kappa shape index (κ3) is 3.39. The second kappa shape index (κ2) is 7.15. The van der Waals surface area contributed by atoms with Crippen LogP contribution in [0.15, 0.2) is 65.7 Å². The van der Waals surface area contributed by atoms with Gasteiger partial charge in [-0.15, -0.1) is 10.2 Å². The van der Waals surface area contributed by atoms with E-state index in [2.05, 4.69) is 20.6 Å². The lowest BCUT2D eigenvalue weighted by molar-refractivity contribution is 0.103. The highest BCUT2D eigenvalue weighted by molar-refractivity contribution is 7.90. The monoisotopic (exact) mass is 429 g/mol. The summed E-state index contributed by atoms with van der Waals surface area (Å²) < 4.78 is 27.2. The average molecular weight is 430 g/mol. The summed E-state index contributed by atoms with van der Waals surface area (Å²) in [7, 11) is -3.95. The number of nitrogens with one attached hydrogen (secondary N) is 1. The number of benzene rings is 2. The second-order valence-electron chi connectivity index (χ2n) is 5.95. The molecular weight excluding hydrogens is 418 g/mol. The minimum absolute atomic E-state index is 0.0738. The fourth-order valence-corrected chi connectivity index (χ4v) is 4.38. The molecule has 4 aromatic rings. The molecule has 146 valence electrons. The molecule has 2 aromatic heterocycles. The zero-order chi connectivity index (χ0) is 20.6. The van der Waals surface area contributed by atoms with Gasteiger partial charge in [0.05, 0.1) is 10.4 Å². The van der Waals surface area contributed by atoms with Gasteiger partial charge in [0.25, 0.3) is 10.0 Å². The number of halogens is 1. The molecule has 29 heavy (non-hydrogen) atoms. The van der Waals surface area contributed by atoms with Crippen LogP contribution in [0, 0.1) is 0 Å². The molecule has 0 radical (unpaired) electrons. The van der Waals surface area contributed by atoms with Crippen LogP contribution in [0.5, 0.6) is 0 Å². The van der Waals surface area contributed by atoms with Crippen LogP contribution >= 0.6 is 11.6 Å². The Bertz CT molecular complexity index is 1350. The van der Waals surface area contributed by atoms with Gasteiger partial charge in [0.1, 0.15) is 5.76 Å². The molecule has 0 unspecified atom stereocenters. The number of nitrogens with zero attached hydrogens (tertiary/aromatic N) is 4. The Labute approximate surface area is 169 Å². The number of carbonyl (C=O) groups excluding carboxylic acids is 1. The Morgan fingerprint density at radius 1 is 1.17 bits per heavy atom. The van der Waals surface area contributed by atoms with Gasteiger partial charge in [0, 0.05) is 28.2 Å². The van der Waals surface area contributed by atoms with Gasteiger partial charge in [0.2, 0.25) is 11.6 Å². The molecule has 2 heterocycles. The van der Waals surface area contributed by atoms with Gasteiger partial charge in [-0.3, -0.25) is 4.79 Å². The Kier molecular flexibility index (Phi) is 4.65. The van der Waals surface area contributed by atoms with Gasteiger partial charge in [0.15, 0.2) is 0 Å². The highest BCUT2D eigenvalue weighted by Gasteiger charge is 2.23. The first-order chi connectivity index (χ1) is 13.9. The molecule has 9 nitrogen and oxygen atoms in total. The van der Waals surface area contributed by atoms with E-state index in [0.29, 0.717) is 15.9 Å². The highest BCUT2D eigenvalue weighted by Crippen LogP contribution is 2.31. The summed E-state index contributed by atoms with van der Waals surface area (Å²) in [5.74, 6) is -1.41. The molecule has 0 saturated carbocycles. The van der Waals surface area contributed by atoms with Crippen molar-refractivity contribution in [3.05, 3.63) is 77.2 Å². The topological polar surface area (TPSA) is 131 Å². The predicted molar refractivity (Wildman–Crippen MR) is 105 cm³/mol. The lowest BCUT2D eigenvalue weighted by Crippen LogP contribution is -2.11. The molecule has 0 aliphatic heterocycles. The lowest BCUT2D eigenvalue weighted by Gasteiger charge is -2.07. The minimum Gasteiger partial charge on any atom is -0.507 e. The van der Waals surface area contributed by atoms with Gasteiger partial charge >= 0.3 is 0 Å². The van der Waals surface area contributed by atoms with E-state index in [9.17, 15) is 18.3 Å². The maximum Gasteiger partial charge on any atom is 0.268 e. The Hall–Kier alpha value is -3.50. The second-order valence-corrected chi connectivity index (χ2v) is 8.20. The summed E-state index contributed by atoms with van der Waals surface area (Å²) >= 11 is 6.06. The quantitative estimate of drug-likeness (QED) is 0.283. The van der Waals surface area contributed by atoms with Gasteiger partial charge in [-0.05, 0) is 35.5 Å². The summed E-state index contributed by atoms with van der Waals surface area (Å²) in [6.45, 7) is 0. The molecule has 0 spiro atoms. The van der Waals surface area contributed by atoms with E-state index < -0.39 is 21.6 Å². The van der Waals surface area contributed by atoms with E-state index in [1.807, 2.05) is 0 Å². The number of rotatable bonds is 5. The number of carbonyl (C=O) groups is 1. The van der Waals surface area contributed by atoms with E-state index in [-0.39, 0.29) is 16.3 Å². The number of hydrogen-bond donors (Lipinski definition) is 2. The summed E-state index contributed by atoms with van der Waals surface area (Å²) in [5, 5.41) is 23.7. The zero-order valence-corrected chi connectivity index (χ0v) is 16.1. The first-order valence-electron chi connectivity index (χ1n) is 8.18. The summed E-state index contributed by atoms with van der Waals surface area (Å²) in [6.07, 6.45) is 2.12. The summed E-state index contributed by atoms with van der Waals surface area (Å²) in [6, 6.07) is 12.4. The van der Waals surface area contributed by atoms with Crippen LogP contribution in [0.4, 0.5) is 0 Å². The standard InChI is InChI=1S/C18H12ClN5O4S/c19-11-6-7-15-13(8-11)14(16(25)9-17(26)18-20-22-23-21-18)10-24(15)29(27,28)12-4-2-1-3-5-12/h1-10,25H,(H,20,21,22,23)/b16-9+. The minimum atomic E-state index is -3.95. The molecule has 0 aliphatic carbocycles. The molecule has 0 atom stereocenters.